The van der Waals surface area contributed by atoms with E-state index in [9.17, 15) is 4.79 Å². The van der Waals surface area contributed by atoms with Gasteiger partial charge >= 0.3 is 0 Å². The molecule has 0 saturated carbocycles. The van der Waals surface area contributed by atoms with Crippen LogP contribution in [0.1, 0.15) is 34.7 Å². The first kappa shape index (κ1) is 19.6. The third-order valence-electron chi connectivity index (χ3n) is 5.88. The summed E-state index contributed by atoms with van der Waals surface area (Å²) in [5.41, 5.74) is 6.63. The fraction of sp³-hybridized carbons (Fsp3) is 0.154. The standard InChI is InChI=1S/C26H22ClN3O/c1-18-6-10-20(11-7-18)24-14-26(30(17-31)28-24)23-16-29(25-5-3-2-4-22(23)25)15-19-8-12-21(27)13-9-19/h2-13,16-17,26H,14-15H2,1H3. The number of benzene rings is 3. The number of hydrazone groups is 1. The zero-order chi connectivity index (χ0) is 21.4. The Balaban J connectivity index is 1.52. The average Bonchev–Trinajstić information content (AvgIpc) is 3.38. The Hall–Kier alpha value is -3.37. The van der Waals surface area contributed by atoms with Crippen molar-refractivity contribution < 1.29 is 4.79 Å². The summed E-state index contributed by atoms with van der Waals surface area (Å²) < 4.78 is 2.24. The van der Waals surface area contributed by atoms with Gasteiger partial charge in [0.05, 0.1) is 11.8 Å². The van der Waals surface area contributed by atoms with Crippen molar-refractivity contribution in [1.82, 2.24) is 9.58 Å². The largest absolute Gasteiger partial charge is 0.343 e. The Bertz CT molecular complexity index is 1270. The van der Waals surface area contributed by atoms with Gasteiger partial charge in [0.1, 0.15) is 0 Å². The first-order chi connectivity index (χ1) is 15.1. The van der Waals surface area contributed by atoms with Crippen LogP contribution in [0.15, 0.2) is 84.1 Å². The molecule has 5 rings (SSSR count). The molecule has 5 heteroatoms. The maximum Gasteiger partial charge on any atom is 0.230 e. The Morgan fingerprint density at radius 2 is 1.77 bits per heavy atom. The first-order valence-electron chi connectivity index (χ1n) is 10.3. The van der Waals surface area contributed by atoms with Crippen LogP contribution in [0.25, 0.3) is 10.9 Å². The van der Waals surface area contributed by atoms with Gasteiger partial charge in [-0.05, 0) is 36.2 Å². The molecule has 2 heterocycles. The fourth-order valence-corrected chi connectivity index (χ4v) is 4.38. The maximum atomic E-state index is 11.9. The van der Waals surface area contributed by atoms with Crippen LogP contribution >= 0.6 is 11.6 Å². The second kappa shape index (κ2) is 8.05. The molecule has 0 fully saturated rings. The second-order valence-corrected chi connectivity index (χ2v) is 8.41. The van der Waals surface area contributed by atoms with Gasteiger partial charge in [0.25, 0.3) is 0 Å². The molecule has 0 bridgehead atoms. The average molecular weight is 428 g/mol. The lowest BCUT2D eigenvalue weighted by Gasteiger charge is -2.16. The van der Waals surface area contributed by atoms with Crippen molar-refractivity contribution >= 4 is 34.6 Å². The lowest BCUT2D eigenvalue weighted by atomic mass is 9.98. The molecule has 1 aromatic heterocycles. The molecule has 0 aliphatic carbocycles. The number of rotatable bonds is 5. The minimum Gasteiger partial charge on any atom is -0.343 e. The van der Waals surface area contributed by atoms with Crippen LogP contribution in [0.4, 0.5) is 0 Å². The summed E-state index contributed by atoms with van der Waals surface area (Å²) in [4.78, 5) is 11.9. The number of halogens is 1. The summed E-state index contributed by atoms with van der Waals surface area (Å²) in [6.45, 7) is 2.80. The van der Waals surface area contributed by atoms with Gasteiger partial charge in [-0.2, -0.15) is 5.10 Å². The van der Waals surface area contributed by atoms with Crippen LogP contribution in [-0.2, 0) is 11.3 Å². The highest BCUT2D eigenvalue weighted by molar-refractivity contribution is 6.30. The van der Waals surface area contributed by atoms with E-state index in [2.05, 4.69) is 59.2 Å². The topological polar surface area (TPSA) is 37.6 Å². The number of amides is 1. The SMILES string of the molecule is Cc1ccc(C2=NN(C=O)C(c3cn(Cc4ccc(Cl)cc4)c4ccccc34)C2)cc1. The third-order valence-corrected chi connectivity index (χ3v) is 6.13. The van der Waals surface area contributed by atoms with E-state index in [0.717, 1.165) is 45.7 Å². The normalized spacial score (nSPS) is 16.0. The molecule has 0 N–H and O–H groups in total. The molecule has 1 amide bonds. The molecular formula is C26H22ClN3O. The van der Waals surface area contributed by atoms with E-state index >= 15 is 0 Å². The van der Waals surface area contributed by atoms with Gasteiger partial charge in [-0.25, -0.2) is 5.01 Å². The third kappa shape index (κ3) is 3.75. The molecule has 0 spiro atoms. The highest BCUT2D eigenvalue weighted by Crippen LogP contribution is 2.37. The highest BCUT2D eigenvalue weighted by Gasteiger charge is 2.31. The molecule has 4 aromatic rings. The number of aryl methyl sites for hydroxylation is 1. The second-order valence-electron chi connectivity index (χ2n) is 7.97. The fourth-order valence-electron chi connectivity index (χ4n) is 4.26. The van der Waals surface area contributed by atoms with Gasteiger partial charge in [-0.1, -0.05) is 71.8 Å². The van der Waals surface area contributed by atoms with E-state index in [0.29, 0.717) is 6.42 Å². The Morgan fingerprint density at radius 1 is 1.03 bits per heavy atom. The predicted octanol–water partition coefficient (Wildman–Crippen LogP) is 5.96. The first-order valence-corrected chi connectivity index (χ1v) is 10.7. The minimum atomic E-state index is -0.120. The smallest absolute Gasteiger partial charge is 0.230 e. The molecule has 1 atom stereocenters. The quantitative estimate of drug-likeness (QED) is 0.362. The maximum absolute atomic E-state index is 11.9. The van der Waals surface area contributed by atoms with Crippen LogP contribution in [0.5, 0.6) is 0 Å². The van der Waals surface area contributed by atoms with Gasteiger partial charge in [0.15, 0.2) is 0 Å². The molecule has 31 heavy (non-hydrogen) atoms. The number of aromatic nitrogens is 1. The van der Waals surface area contributed by atoms with Crippen LogP contribution in [0.3, 0.4) is 0 Å². The molecule has 1 unspecified atom stereocenters. The van der Waals surface area contributed by atoms with Gasteiger partial charge in [0, 0.05) is 40.7 Å². The van der Waals surface area contributed by atoms with E-state index in [1.54, 1.807) is 5.01 Å². The van der Waals surface area contributed by atoms with Gasteiger partial charge in [0.2, 0.25) is 6.41 Å². The van der Waals surface area contributed by atoms with Crippen LogP contribution in [0, 0.1) is 6.92 Å². The summed E-state index contributed by atoms with van der Waals surface area (Å²) in [5, 5.41) is 8.07. The van der Waals surface area contributed by atoms with Crippen LogP contribution in [-0.4, -0.2) is 21.7 Å². The number of hydrogen-bond acceptors (Lipinski definition) is 2. The van der Waals surface area contributed by atoms with Crippen LogP contribution < -0.4 is 0 Å². The van der Waals surface area contributed by atoms with Crippen molar-refractivity contribution in [2.24, 2.45) is 5.10 Å². The van der Waals surface area contributed by atoms with Gasteiger partial charge in [-0.3, -0.25) is 4.79 Å². The number of fused-ring (bicyclic) bond motifs is 1. The van der Waals surface area contributed by atoms with Gasteiger partial charge in [-0.15, -0.1) is 0 Å². The minimum absolute atomic E-state index is 0.120. The number of hydrogen-bond donors (Lipinski definition) is 0. The summed E-state index contributed by atoms with van der Waals surface area (Å²) in [7, 11) is 0. The lowest BCUT2D eigenvalue weighted by Crippen LogP contribution is -2.17. The molecule has 4 nitrogen and oxygen atoms in total. The van der Waals surface area contributed by atoms with Crippen molar-refractivity contribution in [1.29, 1.82) is 0 Å². The molecular weight excluding hydrogens is 406 g/mol. The van der Waals surface area contributed by atoms with Crippen molar-refractivity contribution in [2.75, 3.05) is 0 Å². The highest BCUT2D eigenvalue weighted by atomic mass is 35.5. The Labute approximate surface area is 186 Å². The van der Waals surface area contributed by atoms with E-state index in [4.69, 9.17) is 11.6 Å². The number of para-hydroxylation sites is 1. The number of carbonyl (C=O) groups is 1. The molecule has 0 radical (unpaired) electrons. The van der Waals surface area contributed by atoms with Crippen molar-refractivity contribution in [2.45, 2.75) is 25.9 Å². The van der Waals surface area contributed by atoms with E-state index in [1.165, 1.54) is 11.1 Å². The monoisotopic (exact) mass is 427 g/mol. The molecule has 1 aliphatic rings. The predicted molar refractivity (Wildman–Crippen MR) is 125 cm³/mol. The molecule has 1 aliphatic heterocycles. The van der Waals surface area contributed by atoms with Crippen LogP contribution in [0.2, 0.25) is 5.02 Å². The van der Waals surface area contributed by atoms with Crippen molar-refractivity contribution in [3.63, 3.8) is 0 Å². The van der Waals surface area contributed by atoms with Crippen molar-refractivity contribution in [3.05, 3.63) is 106 Å². The summed E-state index contributed by atoms with van der Waals surface area (Å²) >= 11 is 6.05. The van der Waals surface area contributed by atoms with E-state index < -0.39 is 0 Å². The molecule has 0 saturated heterocycles. The summed E-state index contributed by atoms with van der Waals surface area (Å²) in [6, 6.07) is 24.4. The number of nitrogens with zero attached hydrogens (tertiary/aromatic N) is 3. The summed E-state index contributed by atoms with van der Waals surface area (Å²) in [5.74, 6) is 0. The van der Waals surface area contributed by atoms with Crippen molar-refractivity contribution in [3.8, 4) is 0 Å². The zero-order valence-electron chi connectivity index (χ0n) is 17.2. The summed E-state index contributed by atoms with van der Waals surface area (Å²) in [6.07, 6.45) is 3.68. The van der Waals surface area contributed by atoms with E-state index in [-0.39, 0.29) is 6.04 Å². The van der Waals surface area contributed by atoms with E-state index in [1.807, 2.05) is 36.4 Å². The lowest BCUT2D eigenvalue weighted by molar-refractivity contribution is -0.119. The van der Waals surface area contributed by atoms with Gasteiger partial charge < -0.3 is 4.57 Å². The zero-order valence-corrected chi connectivity index (χ0v) is 18.0. The molecule has 154 valence electrons. The Morgan fingerprint density at radius 3 is 2.52 bits per heavy atom. The Kier molecular flexibility index (Phi) is 5.08. The molecule has 3 aromatic carbocycles. The number of carbonyl (C=O) groups excluding carboxylic acids is 1.